The molecule has 0 aliphatic rings. The molecule has 0 aliphatic carbocycles. The second-order valence-corrected chi connectivity index (χ2v) is 6.22. The van der Waals surface area contributed by atoms with Crippen LogP contribution in [0.25, 0.3) is 10.8 Å². The lowest BCUT2D eigenvalue weighted by Gasteiger charge is -2.15. The first-order valence-electron chi connectivity index (χ1n) is 6.72. The Kier molecular flexibility index (Phi) is 4.78. The van der Waals surface area contributed by atoms with E-state index in [-0.39, 0.29) is 5.91 Å². The van der Waals surface area contributed by atoms with E-state index in [9.17, 15) is 4.79 Å². The van der Waals surface area contributed by atoms with Crippen molar-refractivity contribution in [3.63, 3.8) is 0 Å². The predicted octanol–water partition coefficient (Wildman–Crippen LogP) is 3.91. The number of nitrogens with two attached hydrogens (primary N) is 1. The average molecular weight is 335 g/mol. The number of anilines is 1. The van der Waals surface area contributed by atoms with Gasteiger partial charge in [0.15, 0.2) is 0 Å². The highest BCUT2D eigenvalue weighted by Gasteiger charge is 2.16. The van der Waals surface area contributed by atoms with Gasteiger partial charge in [-0.05, 0) is 29.9 Å². The Balaban J connectivity index is 2.26. The Morgan fingerprint density at radius 2 is 1.85 bits per heavy atom. The summed E-state index contributed by atoms with van der Waals surface area (Å²) in [7, 11) is 0. The molecule has 0 radical (unpaired) electrons. The molecule has 2 rings (SSSR count). The highest BCUT2D eigenvalue weighted by molar-refractivity contribution is 9.10. The molecule has 0 saturated heterocycles. The standard InChI is InChI=1S/C16H19BrN2O/c1-10(2)9-14(18)16(20)19-15-8-7-13(17)11-5-3-4-6-12(11)15/h3-8,10,14H,9,18H2,1-2H3,(H,19,20)/t14-/m0/s1. The van der Waals surface area contributed by atoms with E-state index in [4.69, 9.17) is 5.73 Å². The van der Waals surface area contributed by atoms with Crippen molar-refractivity contribution in [2.45, 2.75) is 26.3 Å². The number of nitrogens with one attached hydrogen (secondary N) is 1. The van der Waals surface area contributed by atoms with Crippen LogP contribution in [0.15, 0.2) is 40.9 Å². The molecule has 4 heteroatoms. The highest BCUT2D eigenvalue weighted by Crippen LogP contribution is 2.30. The third-order valence-corrected chi connectivity index (χ3v) is 3.88. The molecule has 1 atom stereocenters. The summed E-state index contributed by atoms with van der Waals surface area (Å²) in [6.07, 6.45) is 0.681. The van der Waals surface area contributed by atoms with Gasteiger partial charge in [-0.25, -0.2) is 0 Å². The van der Waals surface area contributed by atoms with Gasteiger partial charge < -0.3 is 11.1 Å². The third kappa shape index (κ3) is 3.38. The molecular formula is C16H19BrN2O. The molecule has 0 aromatic heterocycles. The molecule has 0 bridgehead atoms. The molecule has 1 amide bonds. The smallest absolute Gasteiger partial charge is 0.241 e. The number of carbonyl (C=O) groups is 1. The lowest BCUT2D eigenvalue weighted by molar-refractivity contribution is -0.117. The van der Waals surface area contributed by atoms with Crippen LogP contribution in [0.1, 0.15) is 20.3 Å². The first-order chi connectivity index (χ1) is 9.49. The summed E-state index contributed by atoms with van der Waals surface area (Å²) in [5, 5.41) is 5.01. The lowest BCUT2D eigenvalue weighted by Crippen LogP contribution is -2.36. The number of fused-ring (bicyclic) bond motifs is 1. The maximum absolute atomic E-state index is 12.1. The summed E-state index contributed by atoms with van der Waals surface area (Å²) in [4.78, 5) is 12.1. The molecule has 0 heterocycles. The molecule has 0 aliphatic heterocycles. The fourth-order valence-electron chi connectivity index (χ4n) is 2.21. The van der Waals surface area contributed by atoms with Crippen molar-refractivity contribution in [1.29, 1.82) is 0 Å². The Morgan fingerprint density at radius 1 is 1.20 bits per heavy atom. The summed E-state index contributed by atoms with van der Waals surface area (Å²) >= 11 is 3.52. The van der Waals surface area contributed by atoms with Crippen molar-refractivity contribution in [3.8, 4) is 0 Å². The number of hydrogen-bond acceptors (Lipinski definition) is 2. The fraction of sp³-hybridized carbons (Fsp3) is 0.312. The minimum Gasteiger partial charge on any atom is -0.324 e. The van der Waals surface area contributed by atoms with E-state index < -0.39 is 6.04 Å². The van der Waals surface area contributed by atoms with Crippen LogP contribution in [0.2, 0.25) is 0 Å². The first-order valence-corrected chi connectivity index (χ1v) is 7.52. The number of rotatable bonds is 4. The zero-order valence-electron chi connectivity index (χ0n) is 11.7. The van der Waals surface area contributed by atoms with Crippen LogP contribution in [0.3, 0.4) is 0 Å². The van der Waals surface area contributed by atoms with Crippen molar-refractivity contribution in [2.24, 2.45) is 11.7 Å². The monoisotopic (exact) mass is 334 g/mol. The number of carbonyl (C=O) groups excluding carboxylic acids is 1. The van der Waals surface area contributed by atoms with E-state index in [2.05, 4.69) is 35.1 Å². The van der Waals surface area contributed by atoms with Gasteiger partial charge in [0.2, 0.25) is 5.91 Å². The van der Waals surface area contributed by atoms with E-state index in [1.807, 2.05) is 36.4 Å². The summed E-state index contributed by atoms with van der Waals surface area (Å²) in [6.45, 7) is 4.12. The van der Waals surface area contributed by atoms with E-state index in [0.717, 1.165) is 20.9 Å². The summed E-state index contributed by atoms with van der Waals surface area (Å²) in [6, 6.07) is 11.3. The molecule has 0 spiro atoms. The van der Waals surface area contributed by atoms with Crippen LogP contribution in [0, 0.1) is 5.92 Å². The van der Waals surface area contributed by atoms with Crippen molar-refractivity contribution in [2.75, 3.05) is 5.32 Å². The zero-order valence-corrected chi connectivity index (χ0v) is 13.3. The van der Waals surface area contributed by atoms with E-state index >= 15 is 0 Å². The van der Waals surface area contributed by atoms with Crippen molar-refractivity contribution in [1.82, 2.24) is 0 Å². The van der Waals surface area contributed by atoms with E-state index in [0.29, 0.717) is 12.3 Å². The van der Waals surface area contributed by atoms with Crippen molar-refractivity contribution >= 4 is 38.3 Å². The molecule has 0 fully saturated rings. The predicted molar refractivity (Wildman–Crippen MR) is 87.7 cm³/mol. The zero-order chi connectivity index (χ0) is 14.7. The normalized spacial score (nSPS) is 12.7. The second-order valence-electron chi connectivity index (χ2n) is 5.37. The highest BCUT2D eigenvalue weighted by atomic mass is 79.9. The van der Waals surface area contributed by atoms with Gasteiger partial charge in [-0.1, -0.05) is 54.0 Å². The second kappa shape index (κ2) is 6.37. The Labute approximate surface area is 127 Å². The molecule has 0 unspecified atom stereocenters. The summed E-state index contributed by atoms with van der Waals surface area (Å²) in [5.74, 6) is 0.267. The van der Waals surface area contributed by atoms with E-state index in [1.54, 1.807) is 0 Å². The van der Waals surface area contributed by atoms with Gasteiger partial charge in [-0.3, -0.25) is 4.79 Å². The van der Waals surface area contributed by atoms with Crippen molar-refractivity contribution in [3.05, 3.63) is 40.9 Å². The van der Waals surface area contributed by atoms with Crippen LogP contribution >= 0.6 is 15.9 Å². The SMILES string of the molecule is CC(C)C[C@H](N)C(=O)Nc1ccc(Br)c2ccccc12. The number of amides is 1. The molecule has 2 aromatic rings. The third-order valence-electron chi connectivity index (χ3n) is 3.19. The summed E-state index contributed by atoms with van der Waals surface area (Å²) in [5.41, 5.74) is 6.72. The number of halogens is 1. The largest absolute Gasteiger partial charge is 0.324 e. The van der Waals surface area contributed by atoms with Crippen LogP contribution in [-0.2, 0) is 4.79 Å². The van der Waals surface area contributed by atoms with Gasteiger partial charge in [-0.2, -0.15) is 0 Å². The van der Waals surface area contributed by atoms with Gasteiger partial charge in [0.05, 0.1) is 6.04 Å². The van der Waals surface area contributed by atoms with E-state index in [1.165, 1.54) is 0 Å². The van der Waals surface area contributed by atoms with Crippen LogP contribution < -0.4 is 11.1 Å². The topological polar surface area (TPSA) is 55.1 Å². The Bertz CT molecular complexity index is 625. The maximum atomic E-state index is 12.1. The minimum atomic E-state index is -0.475. The number of hydrogen-bond donors (Lipinski definition) is 2. The summed E-state index contributed by atoms with van der Waals surface area (Å²) < 4.78 is 1.01. The van der Waals surface area contributed by atoms with Gasteiger partial charge in [0.1, 0.15) is 0 Å². The average Bonchev–Trinajstić information content (AvgIpc) is 2.41. The quantitative estimate of drug-likeness (QED) is 0.890. The first kappa shape index (κ1) is 15.0. The van der Waals surface area contributed by atoms with Gasteiger partial charge in [0.25, 0.3) is 0 Å². The molecule has 106 valence electrons. The van der Waals surface area contributed by atoms with Crippen LogP contribution in [-0.4, -0.2) is 11.9 Å². The molecule has 0 saturated carbocycles. The molecule has 3 nitrogen and oxygen atoms in total. The van der Waals surface area contributed by atoms with Gasteiger partial charge in [-0.15, -0.1) is 0 Å². The maximum Gasteiger partial charge on any atom is 0.241 e. The molecule has 3 N–H and O–H groups in total. The fourth-order valence-corrected chi connectivity index (χ4v) is 2.69. The van der Waals surface area contributed by atoms with Gasteiger partial charge >= 0.3 is 0 Å². The molecule has 20 heavy (non-hydrogen) atoms. The molecule has 2 aromatic carbocycles. The molecular weight excluding hydrogens is 316 g/mol. The van der Waals surface area contributed by atoms with Crippen molar-refractivity contribution < 1.29 is 4.79 Å². The van der Waals surface area contributed by atoms with Crippen LogP contribution in [0.4, 0.5) is 5.69 Å². The Morgan fingerprint density at radius 3 is 2.50 bits per heavy atom. The van der Waals surface area contributed by atoms with Gasteiger partial charge in [0, 0.05) is 15.5 Å². The number of benzene rings is 2. The Hall–Kier alpha value is -1.39. The minimum absolute atomic E-state index is 0.133. The lowest BCUT2D eigenvalue weighted by atomic mass is 10.0. The van der Waals surface area contributed by atoms with Crippen LogP contribution in [0.5, 0.6) is 0 Å².